The van der Waals surface area contributed by atoms with Crippen LogP contribution in [-0.2, 0) is 11.8 Å². The van der Waals surface area contributed by atoms with Gasteiger partial charge in [0.05, 0.1) is 24.4 Å². The molecule has 0 aliphatic heterocycles. The Labute approximate surface area is 177 Å². The van der Waals surface area contributed by atoms with Gasteiger partial charge >= 0.3 is 0 Å². The second-order valence-corrected chi connectivity index (χ2v) is 8.64. The summed E-state index contributed by atoms with van der Waals surface area (Å²) in [4.78, 5) is 18.4. The number of benzene rings is 2. The fourth-order valence-corrected chi connectivity index (χ4v) is 4.69. The van der Waals surface area contributed by atoms with E-state index in [1.54, 1.807) is 26.0 Å². The molecule has 2 aromatic carbocycles. The highest BCUT2D eigenvalue weighted by atomic mass is 35.5. The van der Waals surface area contributed by atoms with Crippen molar-refractivity contribution >= 4 is 50.8 Å². The molecule has 0 spiro atoms. The number of aromatic nitrogens is 1. The Morgan fingerprint density at radius 1 is 1.18 bits per heavy atom. The van der Waals surface area contributed by atoms with E-state index in [4.69, 9.17) is 21.1 Å². The molecule has 0 aliphatic rings. The molecule has 0 aliphatic carbocycles. The van der Waals surface area contributed by atoms with Crippen LogP contribution in [0.2, 0.25) is 5.02 Å². The Morgan fingerprint density at radius 3 is 2.54 bits per heavy atom. The fourth-order valence-electron chi connectivity index (χ4n) is 2.67. The largest absolute Gasteiger partial charge is 0.493 e. The molecule has 1 heterocycles. The van der Waals surface area contributed by atoms with Gasteiger partial charge in [-0.15, -0.1) is 11.8 Å². The van der Waals surface area contributed by atoms with Crippen molar-refractivity contribution in [2.24, 2.45) is 12.0 Å². The Bertz CT molecular complexity index is 1040. The van der Waals surface area contributed by atoms with Crippen LogP contribution >= 0.6 is 34.7 Å². The van der Waals surface area contributed by atoms with Gasteiger partial charge in [0.2, 0.25) is 5.91 Å². The third kappa shape index (κ3) is 4.90. The molecule has 1 aromatic heterocycles. The number of methoxy groups -OCH3 is 2. The van der Waals surface area contributed by atoms with Crippen molar-refractivity contribution < 1.29 is 14.3 Å². The van der Waals surface area contributed by atoms with Gasteiger partial charge in [-0.2, -0.15) is 4.99 Å². The maximum Gasteiger partial charge on any atom is 0.248 e. The standard InChI is InChI=1S/C20H21ClN2O3S2/c1-23-15-11-16(25-2)17(26-3)12-18(15)28-20(23)22-19(24)5-4-10-27-14-8-6-13(21)7-9-14/h6-9,11-12H,4-5,10H2,1-3H3. The number of hydrogen-bond acceptors (Lipinski definition) is 5. The minimum absolute atomic E-state index is 0.113. The van der Waals surface area contributed by atoms with Gasteiger partial charge in [-0.3, -0.25) is 4.79 Å². The highest BCUT2D eigenvalue weighted by molar-refractivity contribution is 7.99. The molecule has 148 valence electrons. The van der Waals surface area contributed by atoms with E-state index in [1.807, 2.05) is 48.0 Å². The normalized spacial score (nSPS) is 11.8. The highest BCUT2D eigenvalue weighted by Gasteiger charge is 2.11. The number of aryl methyl sites for hydroxylation is 1. The average molecular weight is 437 g/mol. The zero-order valence-electron chi connectivity index (χ0n) is 15.9. The molecule has 1 amide bonds. The number of halogens is 1. The van der Waals surface area contributed by atoms with Crippen molar-refractivity contribution in [2.75, 3.05) is 20.0 Å². The number of nitrogens with zero attached hydrogens (tertiary/aromatic N) is 2. The molecule has 0 unspecified atom stereocenters. The molecule has 3 rings (SSSR count). The number of amides is 1. The second kappa shape index (κ2) is 9.49. The number of carbonyl (C=O) groups excluding carboxylic acids is 1. The number of thiazole rings is 1. The number of fused-ring (bicyclic) bond motifs is 1. The Hall–Kier alpha value is -1.96. The van der Waals surface area contributed by atoms with Crippen LogP contribution in [0.3, 0.4) is 0 Å². The quantitative estimate of drug-likeness (QED) is 0.390. The summed E-state index contributed by atoms with van der Waals surface area (Å²) >= 11 is 9.06. The van der Waals surface area contributed by atoms with E-state index in [9.17, 15) is 4.79 Å². The van der Waals surface area contributed by atoms with Crippen LogP contribution in [-0.4, -0.2) is 30.4 Å². The van der Waals surface area contributed by atoms with Crippen molar-refractivity contribution in [3.05, 3.63) is 46.2 Å². The highest BCUT2D eigenvalue weighted by Crippen LogP contribution is 2.33. The van der Waals surface area contributed by atoms with Gasteiger partial charge < -0.3 is 14.0 Å². The monoisotopic (exact) mass is 436 g/mol. The van der Waals surface area contributed by atoms with Gasteiger partial charge in [-0.1, -0.05) is 22.9 Å². The Morgan fingerprint density at radius 2 is 1.86 bits per heavy atom. The van der Waals surface area contributed by atoms with Crippen molar-refractivity contribution in [3.8, 4) is 11.5 Å². The van der Waals surface area contributed by atoms with Gasteiger partial charge in [0.1, 0.15) is 0 Å². The van der Waals surface area contributed by atoms with Gasteiger partial charge in [0.15, 0.2) is 16.3 Å². The molecule has 0 radical (unpaired) electrons. The van der Waals surface area contributed by atoms with Gasteiger partial charge in [0.25, 0.3) is 0 Å². The molecule has 0 N–H and O–H groups in total. The molecule has 0 saturated carbocycles. The number of thioether (sulfide) groups is 1. The first-order valence-corrected chi connectivity index (χ1v) is 10.9. The first-order valence-electron chi connectivity index (χ1n) is 8.69. The van der Waals surface area contributed by atoms with Crippen molar-refractivity contribution in [3.63, 3.8) is 0 Å². The lowest BCUT2D eigenvalue weighted by atomic mass is 10.3. The maximum atomic E-state index is 12.3. The van der Waals surface area contributed by atoms with Crippen molar-refractivity contribution in [1.29, 1.82) is 0 Å². The summed E-state index contributed by atoms with van der Waals surface area (Å²) in [5, 5.41) is 0.727. The molecule has 0 bridgehead atoms. The maximum absolute atomic E-state index is 12.3. The molecule has 28 heavy (non-hydrogen) atoms. The average Bonchev–Trinajstić information content (AvgIpc) is 3.00. The van der Waals surface area contributed by atoms with E-state index >= 15 is 0 Å². The zero-order chi connectivity index (χ0) is 20.1. The Kier molecular flexibility index (Phi) is 7.04. The fraction of sp³-hybridized carbons (Fsp3) is 0.300. The van der Waals surface area contributed by atoms with Gasteiger partial charge in [-0.25, -0.2) is 0 Å². The first-order chi connectivity index (χ1) is 13.5. The van der Waals surface area contributed by atoms with Crippen molar-refractivity contribution in [1.82, 2.24) is 4.57 Å². The van der Waals surface area contributed by atoms with Crippen LogP contribution in [0.1, 0.15) is 12.8 Å². The van der Waals surface area contributed by atoms with Crippen LogP contribution in [0.25, 0.3) is 10.2 Å². The summed E-state index contributed by atoms with van der Waals surface area (Å²) in [6.07, 6.45) is 1.19. The van der Waals surface area contributed by atoms with Crippen LogP contribution in [0.15, 0.2) is 46.3 Å². The second-order valence-electron chi connectivity index (χ2n) is 6.03. The lowest BCUT2D eigenvalue weighted by Gasteiger charge is -2.07. The SMILES string of the molecule is COc1cc2sc(=NC(=O)CCCSc3ccc(Cl)cc3)n(C)c2cc1OC. The van der Waals surface area contributed by atoms with E-state index in [2.05, 4.69) is 4.99 Å². The minimum Gasteiger partial charge on any atom is -0.493 e. The topological polar surface area (TPSA) is 52.8 Å². The van der Waals surface area contributed by atoms with E-state index in [-0.39, 0.29) is 5.91 Å². The minimum atomic E-state index is -0.113. The number of rotatable bonds is 7. The van der Waals surface area contributed by atoms with Crippen LogP contribution in [0.5, 0.6) is 11.5 Å². The summed E-state index contributed by atoms with van der Waals surface area (Å²) in [7, 11) is 5.11. The first kappa shape index (κ1) is 20.8. The van der Waals surface area contributed by atoms with E-state index in [1.165, 1.54) is 11.3 Å². The summed E-state index contributed by atoms with van der Waals surface area (Å²) in [6.45, 7) is 0. The third-order valence-corrected chi connectivity index (χ3v) is 6.60. The van der Waals surface area contributed by atoms with Crippen LogP contribution in [0, 0.1) is 0 Å². The molecule has 0 saturated heterocycles. The predicted octanol–water partition coefficient (Wildman–Crippen LogP) is 4.91. The number of carbonyl (C=O) groups is 1. The third-order valence-electron chi connectivity index (χ3n) is 4.15. The summed E-state index contributed by atoms with van der Waals surface area (Å²) in [6, 6.07) is 11.5. The number of hydrogen-bond donors (Lipinski definition) is 0. The van der Waals surface area contributed by atoms with Crippen molar-refractivity contribution in [2.45, 2.75) is 17.7 Å². The van der Waals surface area contributed by atoms with Crippen LogP contribution in [0.4, 0.5) is 0 Å². The lowest BCUT2D eigenvalue weighted by molar-refractivity contribution is -0.118. The van der Waals surface area contributed by atoms with E-state index in [0.717, 1.165) is 32.3 Å². The van der Waals surface area contributed by atoms with Gasteiger partial charge in [-0.05, 0) is 36.4 Å². The molecular weight excluding hydrogens is 416 g/mol. The molecular formula is C20H21ClN2O3S2. The molecule has 5 nitrogen and oxygen atoms in total. The lowest BCUT2D eigenvalue weighted by Crippen LogP contribution is -2.13. The van der Waals surface area contributed by atoms with E-state index in [0.29, 0.717) is 22.7 Å². The smallest absolute Gasteiger partial charge is 0.248 e. The Balaban J connectivity index is 1.66. The molecule has 8 heteroatoms. The predicted molar refractivity (Wildman–Crippen MR) is 116 cm³/mol. The molecule has 3 aromatic rings. The summed E-state index contributed by atoms with van der Waals surface area (Å²) in [5.74, 6) is 2.06. The molecule has 0 fully saturated rings. The van der Waals surface area contributed by atoms with Crippen LogP contribution < -0.4 is 14.3 Å². The van der Waals surface area contributed by atoms with E-state index < -0.39 is 0 Å². The number of ether oxygens (including phenoxy) is 2. The summed E-state index contributed by atoms with van der Waals surface area (Å²) < 4.78 is 13.6. The molecule has 0 atom stereocenters. The summed E-state index contributed by atoms with van der Waals surface area (Å²) in [5.41, 5.74) is 0.951. The van der Waals surface area contributed by atoms with Gasteiger partial charge in [0, 0.05) is 35.5 Å². The zero-order valence-corrected chi connectivity index (χ0v) is 18.3.